The van der Waals surface area contributed by atoms with Crippen molar-refractivity contribution in [2.24, 2.45) is 0 Å². The molecule has 0 aromatic carbocycles. The van der Waals surface area contributed by atoms with E-state index in [0.717, 1.165) is 12.8 Å². The van der Waals surface area contributed by atoms with E-state index < -0.39 is 9.84 Å². The minimum atomic E-state index is -2.71. The van der Waals surface area contributed by atoms with Crippen LogP contribution in [0.15, 0.2) is 0 Å². The second kappa shape index (κ2) is 3.72. The number of hydrogen-bond acceptors (Lipinski definition) is 4. The van der Waals surface area contributed by atoms with Gasteiger partial charge in [-0.2, -0.15) is 0 Å². The molecule has 1 saturated heterocycles. The molecule has 0 aromatic heterocycles. The summed E-state index contributed by atoms with van der Waals surface area (Å²) in [4.78, 5) is 0. The summed E-state index contributed by atoms with van der Waals surface area (Å²) in [6.07, 6.45) is 1.47. The van der Waals surface area contributed by atoms with Gasteiger partial charge in [0.1, 0.15) is 9.84 Å². The number of nitrogens with zero attached hydrogens (tertiary/aromatic N) is 1. The molecule has 1 aliphatic heterocycles. The summed E-state index contributed by atoms with van der Waals surface area (Å²) in [6.45, 7) is 0. The molecule has 1 rings (SSSR count). The van der Waals surface area contributed by atoms with Crippen LogP contribution in [0.25, 0.3) is 0 Å². The maximum Gasteiger partial charge on any atom is 0.150 e. The van der Waals surface area contributed by atoms with Crippen molar-refractivity contribution in [2.75, 3.05) is 25.6 Å². The second-order valence-electron chi connectivity index (χ2n) is 3.45. The van der Waals surface area contributed by atoms with Gasteiger partial charge in [0.15, 0.2) is 0 Å². The molecular weight excluding hydrogens is 176 g/mol. The zero-order valence-corrected chi connectivity index (χ0v) is 8.39. The lowest BCUT2D eigenvalue weighted by Crippen LogP contribution is -2.44. The van der Waals surface area contributed by atoms with Gasteiger partial charge in [-0.15, -0.1) is 0 Å². The number of hydrazine groups is 1. The van der Waals surface area contributed by atoms with Gasteiger partial charge in [0.25, 0.3) is 0 Å². The standard InChI is InChI=1S/C7H16N2O2S/c1-9(2)8-7-3-5-12(10,11)6-4-7/h7-8H,3-6H2,1-2H3. The van der Waals surface area contributed by atoms with Crippen molar-refractivity contribution in [2.45, 2.75) is 18.9 Å². The summed E-state index contributed by atoms with van der Waals surface area (Å²) in [7, 11) is 1.13. The highest BCUT2D eigenvalue weighted by molar-refractivity contribution is 7.91. The Morgan fingerprint density at radius 3 is 2.17 bits per heavy atom. The van der Waals surface area contributed by atoms with Gasteiger partial charge in [-0.3, -0.25) is 10.4 Å². The fourth-order valence-electron chi connectivity index (χ4n) is 1.38. The van der Waals surface area contributed by atoms with Gasteiger partial charge in [-0.1, -0.05) is 0 Å². The lowest BCUT2D eigenvalue weighted by Gasteiger charge is -2.26. The first-order valence-corrected chi connectivity index (χ1v) is 5.96. The molecule has 1 aliphatic rings. The van der Waals surface area contributed by atoms with E-state index in [0.29, 0.717) is 17.5 Å². The first kappa shape index (κ1) is 9.95. The lowest BCUT2D eigenvalue weighted by molar-refractivity contribution is 0.231. The number of hydrogen-bond donors (Lipinski definition) is 1. The van der Waals surface area contributed by atoms with Crippen molar-refractivity contribution >= 4 is 9.84 Å². The van der Waals surface area contributed by atoms with E-state index in [-0.39, 0.29) is 0 Å². The minimum Gasteiger partial charge on any atom is -0.253 e. The maximum atomic E-state index is 11.0. The molecule has 5 heteroatoms. The Bertz CT molecular complexity index is 222. The van der Waals surface area contributed by atoms with E-state index in [1.165, 1.54) is 0 Å². The summed E-state index contributed by atoms with van der Waals surface area (Å²) in [5, 5.41) is 1.88. The molecule has 0 radical (unpaired) electrons. The average molecular weight is 192 g/mol. The third kappa shape index (κ3) is 3.08. The summed E-state index contributed by atoms with van der Waals surface area (Å²) < 4.78 is 22.1. The Labute approximate surface area is 73.8 Å². The van der Waals surface area contributed by atoms with Gasteiger partial charge < -0.3 is 0 Å². The van der Waals surface area contributed by atoms with Gasteiger partial charge in [0, 0.05) is 20.1 Å². The van der Waals surface area contributed by atoms with Crippen LogP contribution >= 0.6 is 0 Å². The summed E-state index contributed by atoms with van der Waals surface area (Å²) in [5.74, 6) is 0.664. The van der Waals surface area contributed by atoms with Gasteiger partial charge in [-0.25, -0.2) is 8.42 Å². The van der Waals surface area contributed by atoms with Gasteiger partial charge >= 0.3 is 0 Å². The Morgan fingerprint density at radius 1 is 1.25 bits per heavy atom. The van der Waals surface area contributed by atoms with Crippen LogP contribution in [-0.2, 0) is 9.84 Å². The monoisotopic (exact) mass is 192 g/mol. The highest BCUT2D eigenvalue weighted by atomic mass is 32.2. The molecule has 1 heterocycles. The van der Waals surface area contributed by atoms with Crippen molar-refractivity contribution in [3.63, 3.8) is 0 Å². The van der Waals surface area contributed by atoms with Crippen LogP contribution in [0.3, 0.4) is 0 Å². The Balaban J connectivity index is 2.36. The molecule has 0 bridgehead atoms. The van der Waals surface area contributed by atoms with Crippen LogP contribution in [0, 0.1) is 0 Å². The largest absolute Gasteiger partial charge is 0.253 e. The van der Waals surface area contributed by atoms with Gasteiger partial charge in [-0.05, 0) is 12.8 Å². The zero-order valence-electron chi connectivity index (χ0n) is 7.58. The summed E-state index contributed by atoms with van der Waals surface area (Å²) in [5.41, 5.74) is 3.19. The first-order valence-electron chi connectivity index (χ1n) is 4.13. The smallest absolute Gasteiger partial charge is 0.150 e. The fraction of sp³-hybridized carbons (Fsp3) is 1.00. The molecule has 0 unspecified atom stereocenters. The molecule has 72 valence electrons. The maximum absolute atomic E-state index is 11.0. The Kier molecular flexibility index (Phi) is 3.09. The topological polar surface area (TPSA) is 49.4 Å². The van der Waals surface area contributed by atoms with Crippen LogP contribution < -0.4 is 5.43 Å². The highest BCUT2D eigenvalue weighted by Gasteiger charge is 2.23. The second-order valence-corrected chi connectivity index (χ2v) is 5.75. The van der Waals surface area contributed by atoms with Crippen molar-refractivity contribution in [1.82, 2.24) is 10.4 Å². The average Bonchev–Trinajstić information content (AvgIpc) is 1.93. The zero-order chi connectivity index (χ0) is 9.19. The summed E-state index contributed by atoms with van der Waals surface area (Å²) >= 11 is 0. The van der Waals surface area contributed by atoms with Gasteiger partial charge in [0.05, 0.1) is 11.5 Å². The van der Waals surface area contributed by atoms with E-state index in [2.05, 4.69) is 5.43 Å². The Hall–Kier alpha value is -0.130. The van der Waals surface area contributed by atoms with Crippen LogP contribution in [-0.4, -0.2) is 45.1 Å². The van der Waals surface area contributed by atoms with Crippen LogP contribution in [0.1, 0.15) is 12.8 Å². The molecule has 0 atom stereocenters. The molecule has 0 aromatic rings. The fourth-order valence-corrected chi connectivity index (χ4v) is 2.88. The minimum absolute atomic E-state index is 0.332. The molecule has 4 nitrogen and oxygen atoms in total. The number of sulfone groups is 1. The number of rotatable bonds is 2. The molecule has 0 saturated carbocycles. The van der Waals surface area contributed by atoms with Crippen molar-refractivity contribution in [3.8, 4) is 0 Å². The normalized spacial score (nSPS) is 24.6. The molecule has 0 amide bonds. The van der Waals surface area contributed by atoms with Crippen LogP contribution in [0.5, 0.6) is 0 Å². The van der Waals surface area contributed by atoms with E-state index >= 15 is 0 Å². The molecule has 0 aliphatic carbocycles. The predicted molar refractivity (Wildman–Crippen MR) is 48.5 cm³/mol. The van der Waals surface area contributed by atoms with E-state index in [4.69, 9.17) is 0 Å². The van der Waals surface area contributed by atoms with Crippen LogP contribution in [0.2, 0.25) is 0 Å². The SMILES string of the molecule is CN(C)NC1CCS(=O)(=O)CC1. The molecule has 1 N–H and O–H groups in total. The van der Waals surface area contributed by atoms with E-state index in [9.17, 15) is 8.42 Å². The third-order valence-electron chi connectivity index (χ3n) is 2.00. The molecule has 0 spiro atoms. The lowest BCUT2D eigenvalue weighted by atomic mass is 10.2. The van der Waals surface area contributed by atoms with Crippen molar-refractivity contribution < 1.29 is 8.42 Å². The third-order valence-corrected chi connectivity index (χ3v) is 3.71. The quantitative estimate of drug-likeness (QED) is 0.606. The van der Waals surface area contributed by atoms with E-state index in [1.54, 1.807) is 0 Å². The van der Waals surface area contributed by atoms with Crippen LogP contribution in [0.4, 0.5) is 0 Å². The highest BCUT2D eigenvalue weighted by Crippen LogP contribution is 2.11. The predicted octanol–water partition coefficient (Wildman–Crippen LogP) is -0.370. The molecular formula is C7H16N2O2S. The number of nitrogens with one attached hydrogen (secondary N) is 1. The van der Waals surface area contributed by atoms with Crippen molar-refractivity contribution in [3.05, 3.63) is 0 Å². The Morgan fingerprint density at radius 2 is 1.75 bits per heavy atom. The van der Waals surface area contributed by atoms with E-state index in [1.807, 2.05) is 19.1 Å². The molecule has 12 heavy (non-hydrogen) atoms. The van der Waals surface area contributed by atoms with Crippen molar-refractivity contribution in [1.29, 1.82) is 0 Å². The first-order chi connectivity index (χ1) is 5.49. The molecule has 1 fully saturated rings. The van der Waals surface area contributed by atoms with Gasteiger partial charge in [0.2, 0.25) is 0 Å². The summed E-state index contributed by atoms with van der Waals surface area (Å²) in [6, 6.07) is 0.337.